The van der Waals surface area contributed by atoms with Gasteiger partial charge in [-0.05, 0) is 45.8 Å². The number of anilines is 1. The molecule has 0 unspecified atom stereocenters. The molecule has 0 heterocycles. The van der Waals surface area contributed by atoms with Gasteiger partial charge in [-0.2, -0.15) is 0 Å². The molecule has 0 amide bonds. The number of nitrogens with zero attached hydrogens (tertiary/aromatic N) is 1. The van der Waals surface area contributed by atoms with Crippen molar-refractivity contribution in [2.75, 3.05) is 12.4 Å². The molecule has 5 nitrogen and oxygen atoms in total. The molecule has 0 aliphatic carbocycles. The van der Waals surface area contributed by atoms with Crippen LogP contribution in [0.1, 0.15) is 5.56 Å². The Hall–Kier alpha value is -1.79. The second-order valence-electron chi connectivity index (χ2n) is 4.25. The number of halogens is 2. The van der Waals surface area contributed by atoms with Gasteiger partial charge in [-0.25, -0.2) is 0 Å². The molecule has 7 heteroatoms. The highest BCUT2D eigenvalue weighted by Gasteiger charge is 2.12. The van der Waals surface area contributed by atoms with Crippen molar-refractivity contribution in [1.82, 2.24) is 0 Å². The first-order chi connectivity index (χ1) is 10.0. The zero-order valence-electron chi connectivity index (χ0n) is 11.1. The van der Waals surface area contributed by atoms with Crippen molar-refractivity contribution in [3.8, 4) is 5.75 Å². The zero-order chi connectivity index (χ0) is 15.4. The van der Waals surface area contributed by atoms with Crippen molar-refractivity contribution in [2.24, 2.45) is 0 Å². The van der Waals surface area contributed by atoms with Crippen molar-refractivity contribution in [3.63, 3.8) is 0 Å². The number of ether oxygens (including phenoxy) is 1. The fourth-order valence-corrected chi connectivity index (χ4v) is 2.52. The van der Waals surface area contributed by atoms with Gasteiger partial charge in [0.05, 0.1) is 16.5 Å². The van der Waals surface area contributed by atoms with Crippen LogP contribution in [0.4, 0.5) is 11.4 Å². The summed E-state index contributed by atoms with van der Waals surface area (Å²) in [6.07, 6.45) is 0. The predicted octanol–water partition coefficient (Wildman–Crippen LogP) is 4.63. The summed E-state index contributed by atoms with van der Waals surface area (Å²) >= 11 is 9.18. The van der Waals surface area contributed by atoms with E-state index >= 15 is 0 Å². The first kappa shape index (κ1) is 15.6. The third kappa shape index (κ3) is 3.86. The number of hydrogen-bond acceptors (Lipinski definition) is 4. The van der Waals surface area contributed by atoms with E-state index in [0.29, 0.717) is 6.54 Å². The van der Waals surface area contributed by atoms with Crippen molar-refractivity contribution in [2.45, 2.75) is 6.54 Å². The SMILES string of the molecule is COc1ccc(NCc2ccc(Cl)c([N+](=O)[O-])c2)cc1Br. The lowest BCUT2D eigenvalue weighted by atomic mass is 10.2. The molecule has 0 radical (unpaired) electrons. The summed E-state index contributed by atoms with van der Waals surface area (Å²) in [6, 6.07) is 10.3. The highest BCUT2D eigenvalue weighted by molar-refractivity contribution is 9.10. The Morgan fingerprint density at radius 3 is 2.71 bits per heavy atom. The van der Waals surface area contributed by atoms with Gasteiger partial charge in [-0.15, -0.1) is 0 Å². The van der Waals surface area contributed by atoms with E-state index in [1.165, 1.54) is 12.1 Å². The Balaban J connectivity index is 2.11. The normalized spacial score (nSPS) is 10.2. The summed E-state index contributed by atoms with van der Waals surface area (Å²) in [7, 11) is 1.60. The van der Waals surface area contributed by atoms with Gasteiger partial charge in [0.25, 0.3) is 5.69 Å². The molecule has 2 aromatic rings. The van der Waals surface area contributed by atoms with Crippen LogP contribution in [-0.2, 0) is 6.54 Å². The van der Waals surface area contributed by atoms with Crippen LogP contribution in [0.25, 0.3) is 0 Å². The Kier molecular flexibility index (Phi) is 5.03. The van der Waals surface area contributed by atoms with Crippen LogP contribution in [0.3, 0.4) is 0 Å². The monoisotopic (exact) mass is 370 g/mol. The highest BCUT2D eigenvalue weighted by Crippen LogP contribution is 2.29. The molecule has 0 aliphatic rings. The van der Waals surface area contributed by atoms with Gasteiger partial charge in [0.15, 0.2) is 0 Å². The third-order valence-corrected chi connectivity index (χ3v) is 3.79. The van der Waals surface area contributed by atoms with E-state index in [0.717, 1.165) is 21.5 Å². The second-order valence-corrected chi connectivity index (χ2v) is 5.51. The average Bonchev–Trinajstić information content (AvgIpc) is 2.46. The molecule has 2 rings (SSSR count). The molecule has 21 heavy (non-hydrogen) atoms. The number of methoxy groups -OCH3 is 1. The summed E-state index contributed by atoms with van der Waals surface area (Å²) in [6.45, 7) is 0.455. The van der Waals surface area contributed by atoms with Crippen LogP contribution in [0, 0.1) is 10.1 Å². The van der Waals surface area contributed by atoms with Gasteiger partial charge in [0, 0.05) is 18.3 Å². The van der Waals surface area contributed by atoms with Crippen molar-refractivity contribution in [3.05, 3.63) is 61.6 Å². The fourth-order valence-electron chi connectivity index (χ4n) is 1.79. The maximum atomic E-state index is 10.8. The van der Waals surface area contributed by atoms with Gasteiger partial charge in [-0.3, -0.25) is 10.1 Å². The van der Waals surface area contributed by atoms with E-state index in [-0.39, 0.29) is 10.7 Å². The molecular formula is C14H12BrClN2O3. The Bertz CT molecular complexity index is 679. The minimum atomic E-state index is -0.490. The van der Waals surface area contributed by atoms with Crippen LogP contribution in [0.2, 0.25) is 5.02 Å². The van der Waals surface area contributed by atoms with E-state index < -0.39 is 4.92 Å². The number of benzene rings is 2. The number of nitrogens with one attached hydrogen (secondary N) is 1. The predicted molar refractivity (Wildman–Crippen MR) is 86.1 cm³/mol. The van der Waals surface area contributed by atoms with Crippen LogP contribution < -0.4 is 10.1 Å². The molecule has 0 saturated carbocycles. The van der Waals surface area contributed by atoms with Gasteiger partial charge in [0.2, 0.25) is 0 Å². The Morgan fingerprint density at radius 2 is 2.10 bits per heavy atom. The smallest absolute Gasteiger partial charge is 0.288 e. The van der Waals surface area contributed by atoms with E-state index in [2.05, 4.69) is 21.2 Å². The lowest BCUT2D eigenvalue weighted by molar-refractivity contribution is -0.384. The standard InChI is InChI=1S/C14H12BrClN2O3/c1-21-14-5-3-10(7-11(14)15)17-8-9-2-4-12(16)13(6-9)18(19)20/h2-7,17H,8H2,1H3. The average molecular weight is 372 g/mol. The summed E-state index contributed by atoms with van der Waals surface area (Å²) < 4.78 is 5.98. The van der Waals surface area contributed by atoms with Gasteiger partial charge in [0.1, 0.15) is 10.8 Å². The van der Waals surface area contributed by atoms with E-state index in [1.807, 2.05) is 18.2 Å². The topological polar surface area (TPSA) is 64.4 Å². The molecule has 0 spiro atoms. The van der Waals surface area contributed by atoms with Crippen LogP contribution in [0.5, 0.6) is 5.75 Å². The maximum Gasteiger partial charge on any atom is 0.288 e. The van der Waals surface area contributed by atoms with E-state index in [1.54, 1.807) is 13.2 Å². The molecule has 0 aliphatic heterocycles. The molecule has 0 bridgehead atoms. The number of nitro groups is 1. The fraction of sp³-hybridized carbons (Fsp3) is 0.143. The Morgan fingerprint density at radius 1 is 1.33 bits per heavy atom. The molecule has 0 fully saturated rings. The molecule has 2 aromatic carbocycles. The third-order valence-electron chi connectivity index (χ3n) is 2.86. The first-order valence-corrected chi connectivity index (χ1v) is 7.18. The summed E-state index contributed by atoms with van der Waals surface area (Å²) in [4.78, 5) is 10.4. The van der Waals surface area contributed by atoms with Crippen LogP contribution in [0.15, 0.2) is 40.9 Å². The summed E-state index contributed by atoms with van der Waals surface area (Å²) in [5, 5.41) is 14.2. The van der Waals surface area contributed by atoms with Gasteiger partial charge >= 0.3 is 0 Å². The summed E-state index contributed by atoms with van der Waals surface area (Å²) in [5.74, 6) is 0.739. The molecule has 0 saturated heterocycles. The largest absolute Gasteiger partial charge is 0.496 e. The molecular weight excluding hydrogens is 360 g/mol. The lowest BCUT2D eigenvalue weighted by Crippen LogP contribution is -2.00. The summed E-state index contributed by atoms with van der Waals surface area (Å²) in [5.41, 5.74) is 1.56. The van der Waals surface area contributed by atoms with E-state index in [9.17, 15) is 10.1 Å². The lowest BCUT2D eigenvalue weighted by Gasteiger charge is -2.09. The number of nitro benzene ring substituents is 1. The van der Waals surface area contributed by atoms with Crippen LogP contribution in [-0.4, -0.2) is 12.0 Å². The minimum Gasteiger partial charge on any atom is -0.496 e. The zero-order valence-corrected chi connectivity index (χ0v) is 13.4. The van der Waals surface area contributed by atoms with Crippen molar-refractivity contribution < 1.29 is 9.66 Å². The Labute approximate surface area is 135 Å². The maximum absolute atomic E-state index is 10.8. The minimum absolute atomic E-state index is 0.0909. The number of rotatable bonds is 5. The van der Waals surface area contributed by atoms with E-state index in [4.69, 9.17) is 16.3 Å². The quantitative estimate of drug-likeness (QED) is 0.614. The molecule has 0 aromatic heterocycles. The number of hydrogen-bond donors (Lipinski definition) is 1. The molecule has 1 N–H and O–H groups in total. The van der Waals surface area contributed by atoms with Crippen molar-refractivity contribution in [1.29, 1.82) is 0 Å². The molecule has 110 valence electrons. The van der Waals surface area contributed by atoms with Gasteiger partial charge in [-0.1, -0.05) is 17.7 Å². The first-order valence-electron chi connectivity index (χ1n) is 6.01. The van der Waals surface area contributed by atoms with Gasteiger partial charge < -0.3 is 10.1 Å². The molecule has 0 atom stereocenters. The van der Waals surface area contributed by atoms with Crippen molar-refractivity contribution >= 4 is 38.9 Å². The highest BCUT2D eigenvalue weighted by atomic mass is 79.9. The van der Waals surface area contributed by atoms with Crippen LogP contribution >= 0.6 is 27.5 Å². The second kappa shape index (κ2) is 6.78.